The summed E-state index contributed by atoms with van der Waals surface area (Å²) < 4.78 is 33.7. The van der Waals surface area contributed by atoms with Crippen molar-refractivity contribution >= 4 is 5.97 Å². The van der Waals surface area contributed by atoms with Gasteiger partial charge in [0, 0.05) is 11.5 Å². The molecule has 1 aliphatic rings. The number of allylic oxidation sites excluding steroid dienone is 1. The molecule has 1 heterocycles. The van der Waals surface area contributed by atoms with Crippen LogP contribution in [0.2, 0.25) is 0 Å². The van der Waals surface area contributed by atoms with Crippen molar-refractivity contribution in [3.63, 3.8) is 0 Å². The molecule has 0 bridgehead atoms. The molecule has 1 fully saturated rings. The third-order valence-corrected chi connectivity index (χ3v) is 6.33. The molecule has 0 aromatic heterocycles. The van der Waals surface area contributed by atoms with Crippen molar-refractivity contribution in [1.82, 2.24) is 0 Å². The van der Waals surface area contributed by atoms with E-state index in [0.29, 0.717) is 35.2 Å². The number of ether oxygens (including phenoxy) is 6. The number of carbonyl (C=O) groups excluding carboxylic acids is 1. The molecule has 3 rings (SSSR count). The van der Waals surface area contributed by atoms with Gasteiger partial charge in [0.1, 0.15) is 0 Å². The highest BCUT2D eigenvalue weighted by molar-refractivity contribution is 5.87. The van der Waals surface area contributed by atoms with Gasteiger partial charge in [0.05, 0.1) is 47.8 Å². The lowest BCUT2D eigenvalue weighted by Gasteiger charge is -2.24. The smallest absolute Gasteiger partial charge is 0.333 e. The summed E-state index contributed by atoms with van der Waals surface area (Å²) in [6.45, 7) is 4.36. The summed E-state index contributed by atoms with van der Waals surface area (Å²) in [5, 5.41) is 0. The summed E-state index contributed by atoms with van der Waals surface area (Å²) in [7, 11) is 6.46. The van der Waals surface area contributed by atoms with Crippen LogP contribution >= 0.6 is 0 Å². The fourth-order valence-corrected chi connectivity index (χ4v) is 4.24. The number of carbonyl (C=O) groups is 1. The van der Waals surface area contributed by atoms with Gasteiger partial charge in [-0.15, -0.1) is 0 Å². The van der Waals surface area contributed by atoms with Gasteiger partial charge >= 0.3 is 5.97 Å². The lowest BCUT2D eigenvalue weighted by molar-refractivity contribution is -0.141. The van der Waals surface area contributed by atoms with E-state index < -0.39 is 0 Å². The maximum absolute atomic E-state index is 12.4. The first-order chi connectivity index (χ1) is 16.4. The highest BCUT2D eigenvalue weighted by atomic mass is 16.5. The Morgan fingerprint density at radius 2 is 1.56 bits per heavy atom. The Hall–Kier alpha value is -3.19. The molecule has 1 aliphatic heterocycles. The van der Waals surface area contributed by atoms with Crippen LogP contribution in [-0.4, -0.2) is 47.6 Å². The van der Waals surface area contributed by atoms with Crippen LogP contribution in [0.3, 0.4) is 0 Å². The quantitative estimate of drug-likeness (QED) is 0.366. The van der Waals surface area contributed by atoms with E-state index in [1.54, 1.807) is 41.4 Å². The van der Waals surface area contributed by atoms with E-state index in [0.717, 1.165) is 17.5 Å². The molecule has 0 N–H and O–H groups in total. The number of methoxy groups -OCH3 is 4. The second-order valence-corrected chi connectivity index (χ2v) is 8.26. The molecular weight excluding hydrogens is 436 g/mol. The first kappa shape index (κ1) is 25.4. The SMILES string of the molecule is CC=C(C)C(=O)OC[C@H]1[C@@H](Cc2ccc(OC)c(OC)c2)CO[C@@H]1c1ccc(OC)c(OC)c1. The summed E-state index contributed by atoms with van der Waals surface area (Å²) in [5.74, 6) is 2.43. The third kappa shape index (κ3) is 5.65. The Balaban J connectivity index is 1.87. The molecule has 2 aromatic carbocycles. The Bertz CT molecular complexity index is 1010. The predicted octanol–water partition coefficient (Wildman–Crippen LogP) is 4.78. The van der Waals surface area contributed by atoms with Crippen molar-refractivity contribution in [1.29, 1.82) is 0 Å². The topological polar surface area (TPSA) is 72.5 Å². The minimum atomic E-state index is -0.315. The second kappa shape index (κ2) is 11.8. The van der Waals surface area contributed by atoms with Crippen LogP contribution in [0.25, 0.3) is 0 Å². The van der Waals surface area contributed by atoms with Gasteiger partial charge in [-0.1, -0.05) is 18.2 Å². The molecule has 0 amide bonds. The van der Waals surface area contributed by atoms with Gasteiger partial charge in [0.15, 0.2) is 23.0 Å². The van der Waals surface area contributed by atoms with Crippen molar-refractivity contribution in [2.45, 2.75) is 26.4 Å². The molecule has 0 spiro atoms. The van der Waals surface area contributed by atoms with E-state index in [1.807, 2.05) is 43.3 Å². The number of hydrogen-bond donors (Lipinski definition) is 0. The van der Waals surface area contributed by atoms with E-state index in [9.17, 15) is 4.79 Å². The number of rotatable bonds is 10. The molecule has 184 valence electrons. The fraction of sp³-hybridized carbons (Fsp3) is 0.444. The molecule has 0 aliphatic carbocycles. The highest BCUT2D eigenvalue weighted by Crippen LogP contribution is 2.43. The highest BCUT2D eigenvalue weighted by Gasteiger charge is 2.39. The second-order valence-electron chi connectivity index (χ2n) is 8.26. The number of esters is 1. The molecule has 3 atom stereocenters. The zero-order valence-electron chi connectivity index (χ0n) is 20.8. The van der Waals surface area contributed by atoms with E-state index in [4.69, 9.17) is 28.4 Å². The molecule has 7 nitrogen and oxygen atoms in total. The first-order valence-corrected chi connectivity index (χ1v) is 11.3. The molecule has 0 radical (unpaired) electrons. The minimum Gasteiger partial charge on any atom is -0.493 e. The Morgan fingerprint density at radius 1 is 0.941 bits per heavy atom. The summed E-state index contributed by atoms with van der Waals surface area (Å²) in [6, 6.07) is 11.7. The van der Waals surface area contributed by atoms with Crippen molar-refractivity contribution in [3.05, 3.63) is 59.2 Å². The number of hydrogen-bond acceptors (Lipinski definition) is 7. The third-order valence-electron chi connectivity index (χ3n) is 6.33. The van der Waals surface area contributed by atoms with Crippen LogP contribution < -0.4 is 18.9 Å². The van der Waals surface area contributed by atoms with Gasteiger partial charge in [-0.3, -0.25) is 0 Å². The van der Waals surface area contributed by atoms with Gasteiger partial charge in [0.25, 0.3) is 0 Å². The number of benzene rings is 2. The Labute approximate surface area is 201 Å². The standard InChI is InChI=1S/C27H34O7/c1-7-17(2)27(28)34-16-21-20(12-18-8-10-22(29-3)24(13-18)31-5)15-33-26(21)19-9-11-23(30-4)25(14-19)32-6/h7-11,13-14,20-21,26H,12,15-16H2,1-6H3/t20-,21-,26+/m0/s1. The first-order valence-electron chi connectivity index (χ1n) is 11.3. The predicted molar refractivity (Wildman–Crippen MR) is 129 cm³/mol. The largest absolute Gasteiger partial charge is 0.493 e. The molecule has 0 unspecified atom stereocenters. The maximum Gasteiger partial charge on any atom is 0.333 e. The Morgan fingerprint density at radius 3 is 2.18 bits per heavy atom. The summed E-state index contributed by atoms with van der Waals surface area (Å²) in [6.07, 6.45) is 2.25. The van der Waals surface area contributed by atoms with Crippen LogP contribution in [-0.2, 0) is 20.7 Å². The maximum atomic E-state index is 12.4. The molecule has 1 saturated heterocycles. The molecule has 34 heavy (non-hydrogen) atoms. The molecule has 2 aromatic rings. The molecular formula is C27H34O7. The fourth-order valence-electron chi connectivity index (χ4n) is 4.24. The van der Waals surface area contributed by atoms with E-state index in [2.05, 4.69) is 0 Å². The average Bonchev–Trinajstić information content (AvgIpc) is 3.27. The van der Waals surface area contributed by atoms with Crippen LogP contribution in [0.1, 0.15) is 31.1 Å². The van der Waals surface area contributed by atoms with Gasteiger partial charge in [-0.05, 0) is 61.6 Å². The average molecular weight is 471 g/mol. The molecule has 0 saturated carbocycles. The lowest BCUT2D eigenvalue weighted by Crippen LogP contribution is -2.24. The summed E-state index contributed by atoms with van der Waals surface area (Å²) >= 11 is 0. The van der Waals surface area contributed by atoms with E-state index in [-0.39, 0.29) is 30.5 Å². The normalized spacial score (nSPS) is 20.1. The van der Waals surface area contributed by atoms with Gasteiger partial charge < -0.3 is 28.4 Å². The Kier molecular flexibility index (Phi) is 8.82. The zero-order valence-corrected chi connectivity index (χ0v) is 20.8. The van der Waals surface area contributed by atoms with Gasteiger partial charge in [-0.25, -0.2) is 4.79 Å². The summed E-state index contributed by atoms with van der Waals surface area (Å²) in [4.78, 5) is 12.4. The van der Waals surface area contributed by atoms with Crippen LogP contribution in [0.15, 0.2) is 48.0 Å². The van der Waals surface area contributed by atoms with Crippen LogP contribution in [0, 0.1) is 11.8 Å². The van der Waals surface area contributed by atoms with Crippen molar-refractivity contribution < 1.29 is 33.2 Å². The van der Waals surface area contributed by atoms with Crippen LogP contribution in [0.4, 0.5) is 0 Å². The van der Waals surface area contributed by atoms with E-state index >= 15 is 0 Å². The van der Waals surface area contributed by atoms with Crippen molar-refractivity contribution in [2.75, 3.05) is 41.7 Å². The van der Waals surface area contributed by atoms with Crippen molar-refractivity contribution in [3.8, 4) is 23.0 Å². The minimum absolute atomic E-state index is 0.0418. The van der Waals surface area contributed by atoms with Crippen LogP contribution in [0.5, 0.6) is 23.0 Å². The monoisotopic (exact) mass is 470 g/mol. The summed E-state index contributed by atoms with van der Waals surface area (Å²) in [5.41, 5.74) is 2.63. The lowest BCUT2D eigenvalue weighted by atomic mass is 9.84. The van der Waals surface area contributed by atoms with Gasteiger partial charge in [0.2, 0.25) is 0 Å². The van der Waals surface area contributed by atoms with E-state index in [1.165, 1.54) is 0 Å². The van der Waals surface area contributed by atoms with Gasteiger partial charge in [-0.2, -0.15) is 0 Å². The zero-order chi connectivity index (χ0) is 24.7. The van der Waals surface area contributed by atoms with Crippen molar-refractivity contribution in [2.24, 2.45) is 11.8 Å². The molecule has 7 heteroatoms.